The van der Waals surface area contributed by atoms with Crippen LogP contribution in [0.4, 0.5) is 22.0 Å². The van der Waals surface area contributed by atoms with Gasteiger partial charge in [0, 0.05) is 11.8 Å². The number of thioether (sulfide) groups is 1. The number of fused-ring (bicyclic) bond motifs is 6. The Morgan fingerprint density at radius 3 is 2.34 bits per heavy atom. The molecule has 5 rings (SSSR count). The quantitative estimate of drug-likeness (QED) is 0.140. The highest BCUT2D eigenvalue weighted by Crippen LogP contribution is 2.76. The van der Waals surface area contributed by atoms with Crippen LogP contribution in [0.5, 0.6) is 5.75 Å². The van der Waals surface area contributed by atoms with Gasteiger partial charge in [-0.3, -0.25) is 0 Å². The fourth-order valence-electron chi connectivity index (χ4n) is 9.49. The summed E-state index contributed by atoms with van der Waals surface area (Å²) in [5, 5.41) is 33.2. The number of alkyl halides is 5. The molecule has 44 heavy (non-hydrogen) atoms. The van der Waals surface area contributed by atoms with Gasteiger partial charge in [-0.15, -0.1) is 0 Å². The zero-order valence-corrected chi connectivity index (χ0v) is 26.9. The zero-order valence-electron chi connectivity index (χ0n) is 26.1. The van der Waals surface area contributed by atoms with Gasteiger partial charge in [-0.2, -0.15) is 33.7 Å². The monoisotopic (exact) mass is 647 g/mol. The van der Waals surface area contributed by atoms with E-state index in [1.54, 1.807) is 12.1 Å². The smallest absolute Gasteiger partial charge is 0.453 e. The minimum atomic E-state index is -5.47. The highest BCUT2D eigenvalue weighted by Gasteiger charge is 2.71. The van der Waals surface area contributed by atoms with Crippen molar-refractivity contribution in [2.45, 2.75) is 114 Å². The van der Waals surface area contributed by atoms with Crippen molar-refractivity contribution in [1.82, 2.24) is 4.90 Å². The van der Waals surface area contributed by atoms with Crippen molar-refractivity contribution in [2.75, 3.05) is 31.6 Å². The van der Waals surface area contributed by atoms with Crippen molar-refractivity contribution in [3.8, 4) is 5.75 Å². The van der Waals surface area contributed by atoms with E-state index in [-0.39, 0.29) is 35.0 Å². The standard InChI is InChI=1S/C34H50F5NO3S/c1-31-13-11-24-23-10-9-22(41)20-26(23)30(43)25(29(24)27(31)21-28(42)32(31)14-15-32)8-4-3-5-16-40(2)17-7-19-44-18-6-12-33(35,36)34(37,38)39/h9-10,20,24-25,27-30,41-43H,3-8,11-19,21H2,1-2H3/t24?,25?,27?,28-,29?,30-,31+/m1/s1. The van der Waals surface area contributed by atoms with Crippen molar-refractivity contribution in [3.63, 3.8) is 0 Å². The Bertz CT molecular complexity index is 1130. The van der Waals surface area contributed by atoms with E-state index >= 15 is 0 Å². The number of aromatic hydroxyl groups is 1. The number of hydrogen-bond donors (Lipinski definition) is 3. The molecule has 4 unspecified atom stereocenters. The maximum absolute atomic E-state index is 13.0. The highest BCUT2D eigenvalue weighted by molar-refractivity contribution is 7.99. The van der Waals surface area contributed by atoms with Crippen molar-refractivity contribution in [1.29, 1.82) is 0 Å². The molecule has 0 aromatic heterocycles. The number of halogens is 5. The van der Waals surface area contributed by atoms with Gasteiger partial charge >= 0.3 is 12.1 Å². The summed E-state index contributed by atoms with van der Waals surface area (Å²) in [4.78, 5) is 2.24. The maximum Gasteiger partial charge on any atom is 0.453 e. The zero-order chi connectivity index (χ0) is 31.9. The summed E-state index contributed by atoms with van der Waals surface area (Å²) >= 11 is 1.43. The van der Waals surface area contributed by atoms with E-state index in [9.17, 15) is 37.3 Å². The molecule has 1 spiro atoms. The summed E-state index contributed by atoms with van der Waals surface area (Å²) in [7, 11) is 2.05. The predicted octanol–water partition coefficient (Wildman–Crippen LogP) is 8.31. The minimum absolute atomic E-state index is 0.0677. The van der Waals surface area contributed by atoms with Gasteiger partial charge in [0.1, 0.15) is 5.75 Å². The predicted molar refractivity (Wildman–Crippen MR) is 164 cm³/mol. The summed E-state index contributed by atoms with van der Waals surface area (Å²) < 4.78 is 62.8. The SMILES string of the molecule is CN(CCCCCC1C2C(CC[C@@]3(C)C2C[C@@H](O)C32CC2)c2ccc(O)cc2[C@@H]1O)CCCSCCCC(F)(F)C(F)(F)F. The fourth-order valence-corrected chi connectivity index (χ4v) is 10.4. The van der Waals surface area contributed by atoms with Crippen LogP contribution in [0, 0.1) is 28.6 Å². The number of aliphatic hydroxyl groups excluding tert-OH is 2. The first kappa shape index (κ1) is 34.2. The van der Waals surface area contributed by atoms with Crippen molar-refractivity contribution >= 4 is 11.8 Å². The summed E-state index contributed by atoms with van der Waals surface area (Å²) in [6.45, 7) is 4.18. The van der Waals surface area contributed by atoms with E-state index in [0.717, 1.165) is 88.6 Å². The molecule has 250 valence electrons. The molecule has 0 heterocycles. The molecular formula is C34H50F5NO3S. The van der Waals surface area contributed by atoms with E-state index in [1.807, 2.05) is 6.07 Å². The summed E-state index contributed by atoms with van der Waals surface area (Å²) in [6, 6.07) is 5.52. The van der Waals surface area contributed by atoms with Gasteiger partial charge in [-0.05, 0) is 142 Å². The topological polar surface area (TPSA) is 63.9 Å². The molecule has 3 saturated carbocycles. The molecule has 4 aliphatic rings. The Morgan fingerprint density at radius 1 is 0.932 bits per heavy atom. The Labute approximate surface area is 263 Å². The molecule has 10 heteroatoms. The number of unbranched alkanes of at least 4 members (excludes halogenated alkanes) is 2. The lowest BCUT2D eigenvalue weighted by Gasteiger charge is -2.55. The first-order chi connectivity index (χ1) is 20.7. The number of phenolic OH excluding ortho intramolecular Hbond substituents is 1. The largest absolute Gasteiger partial charge is 0.508 e. The van der Waals surface area contributed by atoms with Crippen LogP contribution in [-0.4, -0.2) is 70.1 Å². The molecule has 1 aromatic rings. The number of aliphatic hydroxyl groups is 2. The van der Waals surface area contributed by atoms with E-state index in [4.69, 9.17) is 0 Å². The van der Waals surface area contributed by atoms with Gasteiger partial charge in [-0.25, -0.2) is 0 Å². The molecule has 0 radical (unpaired) electrons. The molecule has 3 N–H and O–H groups in total. The van der Waals surface area contributed by atoms with Crippen molar-refractivity contribution in [2.24, 2.45) is 28.6 Å². The van der Waals surface area contributed by atoms with Gasteiger partial charge in [0.05, 0.1) is 12.2 Å². The molecule has 4 aliphatic carbocycles. The third-order valence-electron chi connectivity index (χ3n) is 12.1. The van der Waals surface area contributed by atoms with Crippen molar-refractivity contribution < 1.29 is 37.3 Å². The van der Waals surface area contributed by atoms with Crippen LogP contribution in [0.1, 0.15) is 107 Å². The number of rotatable bonds is 14. The Hall–Kier alpha value is -1.10. The first-order valence-electron chi connectivity index (χ1n) is 16.6. The number of benzene rings is 1. The van der Waals surface area contributed by atoms with Gasteiger partial charge in [0.15, 0.2) is 0 Å². The maximum atomic E-state index is 13.0. The summed E-state index contributed by atoms with van der Waals surface area (Å²) in [5.74, 6) is -2.20. The minimum Gasteiger partial charge on any atom is -0.508 e. The normalized spacial score (nSPS) is 32.5. The third kappa shape index (κ3) is 6.52. The van der Waals surface area contributed by atoms with Gasteiger partial charge in [-0.1, -0.05) is 25.8 Å². The van der Waals surface area contributed by atoms with E-state index in [2.05, 4.69) is 18.9 Å². The second-order valence-corrected chi connectivity index (χ2v) is 15.7. The molecule has 0 amide bonds. The van der Waals surface area contributed by atoms with Crippen LogP contribution in [0.25, 0.3) is 0 Å². The molecule has 0 bridgehead atoms. The molecule has 7 atom stereocenters. The second-order valence-electron chi connectivity index (χ2n) is 14.5. The van der Waals surface area contributed by atoms with Crippen LogP contribution in [0.3, 0.4) is 0 Å². The average molecular weight is 648 g/mol. The van der Waals surface area contributed by atoms with E-state index < -0.39 is 24.6 Å². The molecule has 0 saturated heterocycles. The highest BCUT2D eigenvalue weighted by atomic mass is 32.2. The molecule has 0 aliphatic heterocycles. The molecular weight excluding hydrogens is 597 g/mol. The molecule has 1 aromatic carbocycles. The van der Waals surface area contributed by atoms with Crippen LogP contribution >= 0.6 is 11.8 Å². The Morgan fingerprint density at radius 2 is 1.64 bits per heavy atom. The lowest BCUT2D eigenvalue weighted by Crippen LogP contribution is -2.47. The van der Waals surface area contributed by atoms with Gasteiger partial charge in [0.2, 0.25) is 0 Å². The first-order valence-corrected chi connectivity index (χ1v) is 17.8. The Balaban J connectivity index is 1.07. The van der Waals surface area contributed by atoms with Crippen LogP contribution in [-0.2, 0) is 0 Å². The van der Waals surface area contributed by atoms with E-state index in [0.29, 0.717) is 23.5 Å². The molecule has 3 fully saturated rings. The number of phenols is 1. The van der Waals surface area contributed by atoms with Crippen LogP contribution in [0.2, 0.25) is 0 Å². The fraction of sp³-hybridized carbons (Fsp3) is 0.824. The number of hydrogen-bond acceptors (Lipinski definition) is 5. The summed E-state index contributed by atoms with van der Waals surface area (Å²) in [5.41, 5.74) is 2.25. The Kier molecular flexibility index (Phi) is 10.3. The van der Waals surface area contributed by atoms with Crippen molar-refractivity contribution in [3.05, 3.63) is 29.3 Å². The lowest BCUT2D eigenvalue weighted by atomic mass is 9.50. The van der Waals surface area contributed by atoms with Gasteiger partial charge < -0.3 is 20.2 Å². The average Bonchev–Trinajstić information content (AvgIpc) is 3.74. The third-order valence-corrected chi connectivity index (χ3v) is 13.2. The van der Waals surface area contributed by atoms with E-state index in [1.165, 1.54) is 17.3 Å². The lowest BCUT2D eigenvalue weighted by molar-refractivity contribution is -0.284. The second kappa shape index (κ2) is 13.2. The number of nitrogens with zero attached hydrogens (tertiary/aromatic N) is 1. The molecule has 4 nitrogen and oxygen atoms in total. The van der Waals surface area contributed by atoms with Crippen LogP contribution in [0.15, 0.2) is 18.2 Å². The summed E-state index contributed by atoms with van der Waals surface area (Å²) in [6.07, 6.45) is 2.43. The van der Waals surface area contributed by atoms with Crippen LogP contribution < -0.4 is 0 Å². The van der Waals surface area contributed by atoms with Gasteiger partial charge in [0.25, 0.3) is 0 Å².